The van der Waals surface area contributed by atoms with Crippen molar-refractivity contribution in [1.82, 2.24) is 5.43 Å². The number of carbonyl (C=O) groups excluding carboxylic acids is 2. The van der Waals surface area contributed by atoms with Crippen molar-refractivity contribution in [2.75, 3.05) is 5.32 Å². The van der Waals surface area contributed by atoms with E-state index in [-0.39, 0.29) is 11.8 Å². The molecule has 20 heavy (non-hydrogen) atoms. The van der Waals surface area contributed by atoms with E-state index in [1.54, 1.807) is 0 Å². The van der Waals surface area contributed by atoms with Gasteiger partial charge in [0.1, 0.15) is 5.71 Å². The van der Waals surface area contributed by atoms with Crippen molar-refractivity contribution >= 4 is 23.2 Å². The molecule has 2 N–H and O–H groups in total. The zero-order valence-corrected chi connectivity index (χ0v) is 11.8. The van der Waals surface area contributed by atoms with Crippen molar-refractivity contribution in [3.8, 4) is 0 Å². The molecule has 1 aromatic rings. The Balaban J connectivity index is 1.96. The number of rotatable bonds is 4. The first-order chi connectivity index (χ1) is 9.54. The zero-order chi connectivity index (χ0) is 14.5. The van der Waals surface area contributed by atoms with Gasteiger partial charge in [0.05, 0.1) is 0 Å². The maximum Gasteiger partial charge on any atom is 0.271 e. The third kappa shape index (κ3) is 3.91. The molecule has 0 spiro atoms. The molecule has 2 rings (SSSR count). The highest BCUT2D eigenvalue weighted by Crippen LogP contribution is 2.13. The molecule has 0 radical (unpaired) electrons. The Hall–Kier alpha value is -2.17. The first-order valence-electron chi connectivity index (χ1n) is 6.80. The molecule has 0 saturated carbocycles. The second kappa shape index (κ2) is 6.32. The Morgan fingerprint density at radius 3 is 2.55 bits per heavy atom. The summed E-state index contributed by atoms with van der Waals surface area (Å²) in [7, 11) is 0. The monoisotopic (exact) mass is 273 g/mol. The molecular formula is C15H19N3O2. The molecule has 0 aliphatic carbocycles. The molecule has 0 saturated heterocycles. The highest BCUT2D eigenvalue weighted by molar-refractivity contribution is 6.43. The van der Waals surface area contributed by atoms with E-state index in [9.17, 15) is 9.59 Å². The molecule has 0 bridgehead atoms. The third-order valence-corrected chi connectivity index (χ3v) is 3.02. The standard InChI is InChI=1S/C15H19N3O2/c1-10(2)9-11-3-5-12(6-4-11)16-15(20)13-7-8-14(19)18-17-13/h3-6,10H,7-9H2,1-2H3,(H,16,20)(H,18,19). The molecule has 0 aromatic heterocycles. The average molecular weight is 273 g/mol. The number of amides is 2. The fourth-order valence-electron chi connectivity index (χ4n) is 2.04. The van der Waals surface area contributed by atoms with Gasteiger partial charge in [0.25, 0.3) is 5.91 Å². The minimum Gasteiger partial charge on any atom is -0.321 e. The third-order valence-electron chi connectivity index (χ3n) is 3.02. The number of hydrazone groups is 1. The number of hydrogen-bond donors (Lipinski definition) is 2. The lowest BCUT2D eigenvalue weighted by atomic mass is 10.0. The smallest absolute Gasteiger partial charge is 0.271 e. The van der Waals surface area contributed by atoms with E-state index < -0.39 is 0 Å². The Morgan fingerprint density at radius 1 is 1.30 bits per heavy atom. The number of anilines is 1. The molecule has 1 heterocycles. The number of benzene rings is 1. The van der Waals surface area contributed by atoms with Crippen LogP contribution in [0.4, 0.5) is 5.69 Å². The van der Waals surface area contributed by atoms with Gasteiger partial charge in [-0.3, -0.25) is 9.59 Å². The summed E-state index contributed by atoms with van der Waals surface area (Å²) >= 11 is 0. The van der Waals surface area contributed by atoms with Crippen molar-refractivity contribution in [2.24, 2.45) is 11.0 Å². The summed E-state index contributed by atoms with van der Waals surface area (Å²) < 4.78 is 0. The van der Waals surface area contributed by atoms with Gasteiger partial charge in [0, 0.05) is 18.5 Å². The van der Waals surface area contributed by atoms with Gasteiger partial charge in [0.2, 0.25) is 5.91 Å². The molecule has 0 fully saturated rings. The maximum atomic E-state index is 11.9. The van der Waals surface area contributed by atoms with Crippen molar-refractivity contribution in [1.29, 1.82) is 0 Å². The topological polar surface area (TPSA) is 70.6 Å². The van der Waals surface area contributed by atoms with Crippen LogP contribution in [-0.4, -0.2) is 17.5 Å². The van der Waals surface area contributed by atoms with Crippen LogP contribution in [0.25, 0.3) is 0 Å². The first kappa shape index (κ1) is 14.2. The summed E-state index contributed by atoms with van der Waals surface area (Å²) in [4.78, 5) is 22.9. The minimum absolute atomic E-state index is 0.153. The summed E-state index contributed by atoms with van der Waals surface area (Å²) in [6.07, 6.45) is 1.70. The summed E-state index contributed by atoms with van der Waals surface area (Å²) in [6.45, 7) is 4.34. The molecule has 5 nitrogen and oxygen atoms in total. The number of nitrogens with zero attached hydrogens (tertiary/aromatic N) is 1. The predicted molar refractivity (Wildman–Crippen MR) is 78.4 cm³/mol. The molecule has 1 aromatic carbocycles. The van der Waals surface area contributed by atoms with Gasteiger partial charge in [-0.25, -0.2) is 5.43 Å². The van der Waals surface area contributed by atoms with E-state index in [0.717, 1.165) is 12.1 Å². The summed E-state index contributed by atoms with van der Waals surface area (Å²) in [5.41, 5.74) is 4.66. The van der Waals surface area contributed by atoms with Gasteiger partial charge in [0.15, 0.2) is 0 Å². The lowest BCUT2D eigenvalue weighted by Gasteiger charge is -2.12. The van der Waals surface area contributed by atoms with Crippen molar-refractivity contribution in [2.45, 2.75) is 33.1 Å². The van der Waals surface area contributed by atoms with Crippen LogP contribution in [0.1, 0.15) is 32.3 Å². The van der Waals surface area contributed by atoms with E-state index >= 15 is 0 Å². The molecule has 0 atom stereocenters. The first-order valence-corrected chi connectivity index (χ1v) is 6.80. The van der Waals surface area contributed by atoms with Gasteiger partial charge in [-0.05, 0) is 30.0 Å². The van der Waals surface area contributed by atoms with E-state index in [2.05, 4.69) is 29.7 Å². The summed E-state index contributed by atoms with van der Waals surface area (Å²) in [5.74, 6) is 0.192. The Morgan fingerprint density at radius 2 is 2.00 bits per heavy atom. The molecule has 1 aliphatic heterocycles. The van der Waals surface area contributed by atoms with Gasteiger partial charge in [-0.2, -0.15) is 5.10 Å². The van der Waals surface area contributed by atoms with Crippen LogP contribution in [0.2, 0.25) is 0 Å². The molecule has 0 unspecified atom stereocenters. The number of carbonyl (C=O) groups is 2. The van der Waals surface area contributed by atoms with Gasteiger partial charge >= 0.3 is 0 Å². The molecule has 2 amide bonds. The van der Waals surface area contributed by atoms with Crippen LogP contribution in [0.3, 0.4) is 0 Å². The second-order valence-electron chi connectivity index (χ2n) is 5.34. The van der Waals surface area contributed by atoms with Crippen LogP contribution in [0.15, 0.2) is 29.4 Å². The van der Waals surface area contributed by atoms with Gasteiger partial charge in [-0.15, -0.1) is 0 Å². The molecule has 5 heteroatoms. The fourth-order valence-corrected chi connectivity index (χ4v) is 2.04. The van der Waals surface area contributed by atoms with Crippen LogP contribution in [0.5, 0.6) is 0 Å². The van der Waals surface area contributed by atoms with Gasteiger partial charge in [-0.1, -0.05) is 26.0 Å². The largest absolute Gasteiger partial charge is 0.321 e. The van der Waals surface area contributed by atoms with E-state index in [0.29, 0.717) is 24.5 Å². The molecule has 1 aliphatic rings. The van der Waals surface area contributed by atoms with E-state index in [4.69, 9.17) is 0 Å². The SMILES string of the molecule is CC(C)Cc1ccc(NC(=O)C2=NNC(=O)CC2)cc1. The van der Waals surface area contributed by atoms with E-state index in [1.807, 2.05) is 24.3 Å². The predicted octanol–water partition coefficient (Wildman–Crippen LogP) is 2.09. The second-order valence-corrected chi connectivity index (χ2v) is 5.34. The van der Waals surface area contributed by atoms with Crippen LogP contribution in [0, 0.1) is 5.92 Å². The fraction of sp³-hybridized carbons (Fsp3) is 0.400. The lowest BCUT2D eigenvalue weighted by molar-refractivity contribution is -0.121. The maximum absolute atomic E-state index is 11.9. The van der Waals surface area contributed by atoms with Crippen LogP contribution >= 0.6 is 0 Å². The van der Waals surface area contributed by atoms with Crippen molar-refractivity contribution < 1.29 is 9.59 Å². The minimum atomic E-state index is -0.262. The molecule has 106 valence electrons. The Bertz CT molecular complexity index is 533. The Kier molecular flexibility index (Phi) is 4.50. The zero-order valence-electron chi connectivity index (χ0n) is 11.8. The summed E-state index contributed by atoms with van der Waals surface area (Å²) in [5, 5.41) is 6.55. The van der Waals surface area contributed by atoms with Gasteiger partial charge < -0.3 is 5.32 Å². The number of nitrogens with one attached hydrogen (secondary N) is 2. The van der Waals surface area contributed by atoms with Crippen LogP contribution < -0.4 is 10.7 Å². The van der Waals surface area contributed by atoms with Crippen molar-refractivity contribution in [3.05, 3.63) is 29.8 Å². The lowest BCUT2D eigenvalue weighted by Crippen LogP contribution is -2.32. The highest BCUT2D eigenvalue weighted by Gasteiger charge is 2.18. The average Bonchev–Trinajstić information content (AvgIpc) is 2.41. The number of hydrogen-bond acceptors (Lipinski definition) is 3. The van der Waals surface area contributed by atoms with E-state index in [1.165, 1.54) is 5.56 Å². The van der Waals surface area contributed by atoms with Crippen LogP contribution in [-0.2, 0) is 16.0 Å². The normalized spacial score (nSPS) is 14.8. The quantitative estimate of drug-likeness (QED) is 0.881. The highest BCUT2D eigenvalue weighted by atomic mass is 16.2. The summed E-state index contributed by atoms with van der Waals surface area (Å²) in [6, 6.07) is 7.80. The Labute approximate surface area is 118 Å². The molecular weight excluding hydrogens is 254 g/mol. The van der Waals surface area contributed by atoms with Crippen molar-refractivity contribution in [3.63, 3.8) is 0 Å².